The van der Waals surface area contributed by atoms with Gasteiger partial charge in [0.25, 0.3) is 0 Å². The number of carbonyl (C=O) groups is 1. The lowest BCUT2D eigenvalue weighted by atomic mass is 9.79. The molecule has 1 heterocycles. The SMILES string of the molecule is CC1CCC(NC(=O)COC2CCNCC2)CC1C. The van der Waals surface area contributed by atoms with Crippen LogP contribution in [-0.2, 0) is 9.53 Å². The Balaban J connectivity index is 1.63. The molecule has 3 atom stereocenters. The fraction of sp³-hybridized carbons (Fsp3) is 0.933. The van der Waals surface area contributed by atoms with Crippen LogP contribution in [0, 0.1) is 11.8 Å². The van der Waals surface area contributed by atoms with Crippen molar-refractivity contribution in [3.05, 3.63) is 0 Å². The van der Waals surface area contributed by atoms with E-state index in [1.165, 1.54) is 6.42 Å². The van der Waals surface area contributed by atoms with Crippen LogP contribution in [0.4, 0.5) is 0 Å². The third kappa shape index (κ3) is 4.77. The molecule has 2 aliphatic rings. The molecule has 0 aromatic rings. The number of hydrogen-bond acceptors (Lipinski definition) is 3. The molecule has 1 aliphatic heterocycles. The Hall–Kier alpha value is -0.610. The summed E-state index contributed by atoms with van der Waals surface area (Å²) in [5, 5.41) is 6.43. The Morgan fingerprint density at radius 3 is 2.58 bits per heavy atom. The number of carbonyl (C=O) groups excluding carboxylic acids is 1. The number of amides is 1. The maximum absolute atomic E-state index is 11.9. The minimum absolute atomic E-state index is 0.0604. The maximum Gasteiger partial charge on any atom is 0.246 e. The van der Waals surface area contributed by atoms with E-state index in [9.17, 15) is 4.79 Å². The van der Waals surface area contributed by atoms with Crippen molar-refractivity contribution in [1.82, 2.24) is 10.6 Å². The molecule has 2 fully saturated rings. The molecule has 0 spiro atoms. The number of hydrogen-bond donors (Lipinski definition) is 2. The lowest BCUT2D eigenvalue weighted by Gasteiger charge is -2.32. The van der Waals surface area contributed by atoms with Crippen LogP contribution in [0.5, 0.6) is 0 Å². The van der Waals surface area contributed by atoms with Crippen LogP contribution in [0.1, 0.15) is 46.0 Å². The molecule has 1 saturated carbocycles. The van der Waals surface area contributed by atoms with Gasteiger partial charge in [0.15, 0.2) is 0 Å². The van der Waals surface area contributed by atoms with E-state index in [1.807, 2.05) is 0 Å². The summed E-state index contributed by atoms with van der Waals surface area (Å²) in [4.78, 5) is 11.9. The Bertz CT molecular complexity index is 290. The third-order valence-electron chi connectivity index (χ3n) is 4.70. The Morgan fingerprint density at radius 2 is 1.89 bits per heavy atom. The number of nitrogens with one attached hydrogen (secondary N) is 2. The van der Waals surface area contributed by atoms with E-state index in [0.29, 0.717) is 12.0 Å². The van der Waals surface area contributed by atoms with E-state index in [0.717, 1.165) is 44.7 Å². The second kappa shape index (κ2) is 7.25. The molecular formula is C15H28N2O2. The molecule has 19 heavy (non-hydrogen) atoms. The summed E-state index contributed by atoms with van der Waals surface area (Å²) < 4.78 is 5.68. The van der Waals surface area contributed by atoms with E-state index in [1.54, 1.807) is 0 Å². The first-order valence-corrected chi connectivity index (χ1v) is 7.77. The summed E-state index contributed by atoms with van der Waals surface area (Å²) in [5.74, 6) is 1.56. The molecule has 1 amide bonds. The van der Waals surface area contributed by atoms with Gasteiger partial charge in [-0.3, -0.25) is 4.79 Å². The van der Waals surface area contributed by atoms with Crippen molar-refractivity contribution in [1.29, 1.82) is 0 Å². The summed E-state index contributed by atoms with van der Waals surface area (Å²) in [5.41, 5.74) is 0. The van der Waals surface area contributed by atoms with Gasteiger partial charge in [-0.1, -0.05) is 13.8 Å². The van der Waals surface area contributed by atoms with Crippen LogP contribution in [-0.4, -0.2) is 37.7 Å². The smallest absolute Gasteiger partial charge is 0.246 e. The summed E-state index contributed by atoms with van der Waals surface area (Å²) in [6.07, 6.45) is 5.75. The van der Waals surface area contributed by atoms with Crippen LogP contribution in [0.2, 0.25) is 0 Å². The van der Waals surface area contributed by atoms with Crippen LogP contribution in [0.25, 0.3) is 0 Å². The van der Waals surface area contributed by atoms with Gasteiger partial charge in [0.2, 0.25) is 5.91 Å². The molecule has 4 heteroatoms. The average Bonchev–Trinajstić information content (AvgIpc) is 2.42. The van der Waals surface area contributed by atoms with E-state index in [4.69, 9.17) is 4.74 Å². The minimum Gasteiger partial charge on any atom is -0.368 e. The molecule has 2 rings (SSSR count). The molecule has 1 aliphatic carbocycles. The topological polar surface area (TPSA) is 50.4 Å². The molecule has 110 valence electrons. The summed E-state index contributed by atoms with van der Waals surface area (Å²) in [6.45, 7) is 6.83. The third-order valence-corrected chi connectivity index (χ3v) is 4.70. The van der Waals surface area contributed by atoms with Crippen molar-refractivity contribution in [2.45, 2.75) is 58.1 Å². The highest BCUT2D eigenvalue weighted by molar-refractivity contribution is 5.77. The highest BCUT2D eigenvalue weighted by atomic mass is 16.5. The van der Waals surface area contributed by atoms with Crippen molar-refractivity contribution < 1.29 is 9.53 Å². The van der Waals surface area contributed by atoms with Crippen LogP contribution in [0.3, 0.4) is 0 Å². The second-order valence-electron chi connectivity index (χ2n) is 6.29. The average molecular weight is 268 g/mol. The van der Waals surface area contributed by atoms with Gasteiger partial charge in [-0.25, -0.2) is 0 Å². The van der Waals surface area contributed by atoms with Crippen LogP contribution >= 0.6 is 0 Å². The van der Waals surface area contributed by atoms with Gasteiger partial charge in [-0.05, 0) is 57.0 Å². The van der Waals surface area contributed by atoms with Crippen molar-refractivity contribution in [3.8, 4) is 0 Å². The van der Waals surface area contributed by atoms with Gasteiger partial charge in [-0.15, -0.1) is 0 Å². The zero-order valence-electron chi connectivity index (χ0n) is 12.3. The lowest BCUT2D eigenvalue weighted by molar-refractivity contribution is -0.129. The standard InChI is InChI=1S/C15H28N2O2/c1-11-3-4-13(9-12(11)2)17-15(18)10-19-14-5-7-16-8-6-14/h11-14,16H,3-10H2,1-2H3,(H,17,18). The van der Waals surface area contributed by atoms with Gasteiger partial charge in [-0.2, -0.15) is 0 Å². The highest BCUT2D eigenvalue weighted by Crippen LogP contribution is 2.29. The van der Waals surface area contributed by atoms with Crippen molar-refractivity contribution in [3.63, 3.8) is 0 Å². The van der Waals surface area contributed by atoms with E-state index in [-0.39, 0.29) is 18.6 Å². The molecule has 1 saturated heterocycles. The van der Waals surface area contributed by atoms with E-state index >= 15 is 0 Å². The summed E-state index contributed by atoms with van der Waals surface area (Å²) >= 11 is 0. The van der Waals surface area contributed by atoms with Gasteiger partial charge < -0.3 is 15.4 Å². The van der Waals surface area contributed by atoms with Gasteiger partial charge in [0.1, 0.15) is 6.61 Å². The molecule has 4 nitrogen and oxygen atoms in total. The molecular weight excluding hydrogens is 240 g/mol. The first-order valence-electron chi connectivity index (χ1n) is 7.77. The molecule has 0 aromatic heterocycles. The fourth-order valence-electron chi connectivity index (χ4n) is 3.10. The van der Waals surface area contributed by atoms with Gasteiger partial charge >= 0.3 is 0 Å². The number of piperidine rings is 1. The Kier molecular flexibility index (Phi) is 5.64. The minimum atomic E-state index is 0.0604. The Labute approximate surface area is 116 Å². The van der Waals surface area contributed by atoms with Gasteiger partial charge in [0, 0.05) is 6.04 Å². The van der Waals surface area contributed by atoms with E-state index < -0.39 is 0 Å². The maximum atomic E-state index is 11.9. The first-order chi connectivity index (χ1) is 9.15. The van der Waals surface area contributed by atoms with Crippen molar-refractivity contribution in [2.24, 2.45) is 11.8 Å². The fourth-order valence-corrected chi connectivity index (χ4v) is 3.10. The van der Waals surface area contributed by atoms with Crippen LogP contribution < -0.4 is 10.6 Å². The lowest BCUT2D eigenvalue weighted by Crippen LogP contribution is -2.42. The van der Waals surface area contributed by atoms with Crippen molar-refractivity contribution >= 4 is 5.91 Å². The van der Waals surface area contributed by atoms with Gasteiger partial charge in [0.05, 0.1) is 6.10 Å². The largest absolute Gasteiger partial charge is 0.368 e. The predicted molar refractivity (Wildman–Crippen MR) is 76.0 cm³/mol. The molecule has 0 aromatic carbocycles. The predicted octanol–water partition coefficient (Wildman–Crippen LogP) is 1.70. The summed E-state index contributed by atoms with van der Waals surface area (Å²) in [7, 11) is 0. The quantitative estimate of drug-likeness (QED) is 0.816. The van der Waals surface area contributed by atoms with E-state index in [2.05, 4.69) is 24.5 Å². The Morgan fingerprint density at radius 1 is 1.16 bits per heavy atom. The molecule has 0 bridgehead atoms. The van der Waals surface area contributed by atoms with Crippen LogP contribution in [0.15, 0.2) is 0 Å². The highest BCUT2D eigenvalue weighted by Gasteiger charge is 2.25. The first kappa shape index (κ1) is 14.8. The second-order valence-corrected chi connectivity index (χ2v) is 6.29. The van der Waals surface area contributed by atoms with Crippen molar-refractivity contribution in [2.75, 3.05) is 19.7 Å². The monoisotopic (exact) mass is 268 g/mol. The number of rotatable bonds is 4. The number of ether oxygens (including phenoxy) is 1. The molecule has 2 N–H and O–H groups in total. The molecule has 0 radical (unpaired) electrons. The zero-order valence-corrected chi connectivity index (χ0v) is 12.3. The summed E-state index contributed by atoms with van der Waals surface area (Å²) in [6, 6.07) is 0.357. The zero-order chi connectivity index (χ0) is 13.7. The molecule has 3 unspecified atom stereocenters. The normalized spacial score (nSPS) is 33.1.